The second-order valence-corrected chi connectivity index (χ2v) is 14.8. The molecule has 0 bridgehead atoms. The number of epoxide rings is 1. The Morgan fingerprint density at radius 2 is 1.65 bits per heavy atom. The molecule has 0 aromatic heterocycles. The molecule has 2 heterocycles. The maximum atomic E-state index is 13.5. The number of carbonyl (C=O) groups is 2. The SMILES string of the molecule is CCNC(=O)OC1/C=C/C(C)C(/C(C)=C/C=C/C(C)CC2OC2C(C)C(CC)OCCOCC)OC(=O)CC(OCCOCC)CCC1(C)OCCOCC. The summed E-state index contributed by atoms with van der Waals surface area (Å²) in [5, 5.41) is 2.74. The zero-order valence-corrected chi connectivity index (χ0v) is 35.7. The van der Waals surface area contributed by atoms with Crippen LogP contribution in [0, 0.1) is 17.8 Å². The average molecular weight is 782 g/mol. The van der Waals surface area contributed by atoms with Gasteiger partial charge in [-0.05, 0) is 84.8 Å². The van der Waals surface area contributed by atoms with Gasteiger partial charge in [-0.25, -0.2) is 4.79 Å². The lowest BCUT2D eigenvalue weighted by Gasteiger charge is -2.37. The fraction of sp³-hybridized carbons (Fsp3) is 0.814. The predicted molar refractivity (Wildman–Crippen MR) is 214 cm³/mol. The number of rotatable bonds is 25. The molecule has 55 heavy (non-hydrogen) atoms. The number of hydrogen-bond donors (Lipinski definition) is 1. The highest BCUT2D eigenvalue weighted by Crippen LogP contribution is 2.37. The number of cyclic esters (lactones) is 1. The topological polar surface area (TPSA) is 133 Å². The Labute approximate surface area is 332 Å². The number of hydrogen-bond acceptors (Lipinski definition) is 11. The summed E-state index contributed by atoms with van der Waals surface area (Å²) >= 11 is 0. The van der Waals surface area contributed by atoms with Crippen molar-refractivity contribution >= 4 is 12.1 Å². The number of nitrogens with one attached hydrogen (secondary N) is 1. The standard InChI is InChI=1S/C43H75NO11/c1-11-36(51-27-24-48-14-4)34(9)41-37(53-41)29-31(6)17-16-18-32(7)40-33(8)19-20-38(54-42(46)44-12-2)43(10,52-28-25-49-15-5)22-21-35(30-39(45)55-40)50-26-23-47-13-3/h16-20,31,33-38,40-41H,11-15,21-30H2,1-10H3,(H,44,46)/b17-16+,20-19+,32-18+. The maximum absolute atomic E-state index is 13.5. The lowest BCUT2D eigenvalue weighted by Crippen LogP contribution is -2.47. The van der Waals surface area contributed by atoms with Crippen LogP contribution in [0.2, 0.25) is 0 Å². The van der Waals surface area contributed by atoms with Crippen molar-refractivity contribution in [2.75, 3.05) is 66.0 Å². The highest BCUT2D eigenvalue weighted by Gasteiger charge is 2.45. The summed E-state index contributed by atoms with van der Waals surface area (Å²) in [6.45, 7) is 25.1. The highest BCUT2D eigenvalue weighted by atomic mass is 16.6. The van der Waals surface area contributed by atoms with E-state index in [1.807, 2.05) is 72.8 Å². The first kappa shape index (κ1) is 48.8. The van der Waals surface area contributed by atoms with Crippen LogP contribution >= 0.6 is 0 Å². The Morgan fingerprint density at radius 1 is 0.982 bits per heavy atom. The Bertz CT molecular complexity index is 1160. The molecule has 1 fully saturated rings. The van der Waals surface area contributed by atoms with Crippen LogP contribution in [-0.2, 0) is 47.4 Å². The largest absolute Gasteiger partial charge is 0.457 e. The molecule has 0 saturated carbocycles. The van der Waals surface area contributed by atoms with E-state index in [2.05, 4.69) is 32.2 Å². The Kier molecular flexibility index (Phi) is 24.3. The van der Waals surface area contributed by atoms with Crippen LogP contribution in [0.5, 0.6) is 0 Å². The molecule has 10 unspecified atom stereocenters. The number of carbonyl (C=O) groups excluding carboxylic acids is 2. The summed E-state index contributed by atoms with van der Waals surface area (Å²) < 4.78 is 53.5. The summed E-state index contributed by atoms with van der Waals surface area (Å²) in [5.41, 5.74) is -0.0424. The monoisotopic (exact) mass is 782 g/mol. The molecular weight excluding hydrogens is 706 g/mol. The van der Waals surface area contributed by atoms with Crippen LogP contribution in [0.3, 0.4) is 0 Å². The van der Waals surface area contributed by atoms with Gasteiger partial charge in [0, 0.05) is 38.2 Å². The zero-order chi connectivity index (χ0) is 40.6. The van der Waals surface area contributed by atoms with Crippen molar-refractivity contribution in [2.24, 2.45) is 17.8 Å². The van der Waals surface area contributed by atoms with Crippen LogP contribution < -0.4 is 5.32 Å². The number of alkyl carbamates (subject to hydrolysis) is 1. The van der Waals surface area contributed by atoms with Crippen molar-refractivity contribution in [2.45, 2.75) is 144 Å². The number of esters is 1. The molecular formula is C43H75NO11. The molecule has 12 heteroatoms. The molecule has 12 nitrogen and oxygen atoms in total. The summed E-state index contributed by atoms with van der Waals surface area (Å²) in [4.78, 5) is 26.4. The Hall–Kier alpha value is -2.32. The fourth-order valence-corrected chi connectivity index (χ4v) is 6.92. The molecule has 2 aliphatic heterocycles. The zero-order valence-electron chi connectivity index (χ0n) is 35.7. The Balaban J connectivity index is 2.26. The van der Waals surface area contributed by atoms with Crippen LogP contribution in [0.25, 0.3) is 0 Å². The minimum absolute atomic E-state index is 0.0630. The second-order valence-electron chi connectivity index (χ2n) is 14.8. The van der Waals surface area contributed by atoms with Crippen LogP contribution in [0.15, 0.2) is 36.0 Å². The average Bonchev–Trinajstić information content (AvgIpc) is 3.92. The van der Waals surface area contributed by atoms with Crippen molar-refractivity contribution in [3.63, 3.8) is 0 Å². The smallest absolute Gasteiger partial charge is 0.407 e. The van der Waals surface area contributed by atoms with Crippen LogP contribution in [0.1, 0.15) is 101 Å². The first-order valence-corrected chi connectivity index (χ1v) is 20.9. The molecule has 1 N–H and O–H groups in total. The van der Waals surface area contributed by atoms with Crippen LogP contribution in [-0.4, -0.2) is 120 Å². The van der Waals surface area contributed by atoms with E-state index in [0.717, 1.165) is 18.4 Å². The highest BCUT2D eigenvalue weighted by molar-refractivity contribution is 5.70. The molecule has 2 aliphatic rings. The van der Waals surface area contributed by atoms with Crippen molar-refractivity contribution in [3.05, 3.63) is 36.0 Å². The van der Waals surface area contributed by atoms with Gasteiger partial charge in [0.2, 0.25) is 0 Å². The Morgan fingerprint density at radius 3 is 2.31 bits per heavy atom. The lowest BCUT2D eigenvalue weighted by atomic mass is 9.88. The first-order valence-electron chi connectivity index (χ1n) is 20.9. The van der Waals surface area contributed by atoms with Crippen molar-refractivity contribution in [1.82, 2.24) is 5.32 Å². The predicted octanol–water partition coefficient (Wildman–Crippen LogP) is 7.39. The van der Waals surface area contributed by atoms with Gasteiger partial charge >= 0.3 is 12.1 Å². The van der Waals surface area contributed by atoms with Crippen molar-refractivity contribution in [1.29, 1.82) is 0 Å². The molecule has 1 amide bonds. The first-order chi connectivity index (χ1) is 26.4. The number of ether oxygens (including phenoxy) is 9. The van der Waals surface area contributed by atoms with Gasteiger partial charge in [-0.15, -0.1) is 0 Å². The molecule has 318 valence electrons. The van der Waals surface area contributed by atoms with E-state index in [0.29, 0.717) is 84.8 Å². The molecule has 0 radical (unpaired) electrons. The van der Waals surface area contributed by atoms with Crippen LogP contribution in [0.4, 0.5) is 4.79 Å². The van der Waals surface area contributed by atoms with E-state index in [-0.39, 0.29) is 42.5 Å². The normalized spacial score (nSPS) is 28.8. The number of amides is 1. The van der Waals surface area contributed by atoms with Gasteiger partial charge in [-0.2, -0.15) is 0 Å². The minimum atomic E-state index is -0.932. The quantitative estimate of drug-likeness (QED) is 0.0327. The van der Waals surface area contributed by atoms with Crippen molar-refractivity contribution in [3.8, 4) is 0 Å². The molecule has 0 aromatic carbocycles. The van der Waals surface area contributed by atoms with E-state index in [4.69, 9.17) is 42.6 Å². The number of allylic oxidation sites excluding steroid dienone is 3. The maximum Gasteiger partial charge on any atom is 0.407 e. The van der Waals surface area contributed by atoms with Gasteiger partial charge in [-0.3, -0.25) is 4.79 Å². The van der Waals surface area contributed by atoms with Gasteiger partial charge < -0.3 is 47.9 Å². The van der Waals surface area contributed by atoms with Crippen molar-refractivity contribution < 1.29 is 52.2 Å². The van der Waals surface area contributed by atoms with Gasteiger partial charge in [-0.1, -0.05) is 52.0 Å². The second kappa shape index (κ2) is 27.3. The van der Waals surface area contributed by atoms with Gasteiger partial charge in [0.15, 0.2) is 6.10 Å². The molecule has 2 rings (SSSR count). The molecule has 0 spiro atoms. The van der Waals surface area contributed by atoms with E-state index in [1.165, 1.54) is 0 Å². The van der Waals surface area contributed by atoms with Gasteiger partial charge in [0.25, 0.3) is 0 Å². The molecule has 10 atom stereocenters. The summed E-state index contributed by atoms with van der Waals surface area (Å²) in [6, 6.07) is 0. The third-order valence-corrected chi connectivity index (χ3v) is 10.2. The third-order valence-electron chi connectivity index (χ3n) is 10.2. The summed E-state index contributed by atoms with van der Waals surface area (Å²) in [5.74, 6) is -0.00565. The minimum Gasteiger partial charge on any atom is -0.457 e. The summed E-state index contributed by atoms with van der Waals surface area (Å²) in [7, 11) is 0. The third kappa shape index (κ3) is 18.7. The molecule has 1 saturated heterocycles. The van der Waals surface area contributed by atoms with E-state index < -0.39 is 30.0 Å². The van der Waals surface area contributed by atoms with E-state index >= 15 is 0 Å². The molecule has 0 aromatic rings. The lowest BCUT2D eigenvalue weighted by molar-refractivity contribution is -0.154. The molecule has 0 aliphatic carbocycles. The van der Waals surface area contributed by atoms with Gasteiger partial charge in [0.05, 0.1) is 70.5 Å². The van der Waals surface area contributed by atoms with Gasteiger partial charge in [0.1, 0.15) is 11.7 Å². The fourth-order valence-electron chi connectivity index (χ4n) is 6.92. The van der Waals surface area contributed by atoms with E-state index in [1.54, 1.807) is 0 Å². The van der Waals surface area contributed by atoms with E-state index in [9.17, 15) is 9.59 Å². The summed E-state index contributed by atoms with van der Waals surface area (Å²) in [6.07, 6.45) is 11.1.